The molecule has 1 aliphatic heterocycles. The first kappa shape index (κ1) is 23.4. The Morgan fingerprint density at radius 3 is 2.71 bits per heavy atom. The first-order valence-corrected chi connectivity index (χ1v) is 13.4. The summed E-state index contributed by atoms with van der Waals surface area (Å²) in [5.41, 5.74) is 1.04. The van der Waals surface area contributed by atoms with Gasteiger partial charge in [0.15, 0.2) is 9.84 Å². The van der Waals surface area contributed by atoms with Crippen LogP contribution in [0.1, 0.15) is 10.4 Å². The van der Waals surface area contributed by atoms with Crippen molar-refractivity contribution in [2.75, 3.05) is 37.5 Å². The Morgan fingerprint density at radius 2 is 1.97 bits per heavy atom. The van der Waals surface area contributed by atoms with E-state index in [4.69, 9.17) is 4.74 Å². The number of halogens is 1. The molecule has 0 bridgehead atoms. The van der Waals surface area contributed by atoms with E-state index in [9.17, 15) is 22.7 Å². The molecule has 0 aliphatic carbocycles. The fourth-order valence-electron chi connectivity index (χ4n) is 3.98. The minimum absolute atomic E-state index is 0.0489. The minimum Gasteiger partial charge on any atom is -0.501 e. The van der Waals surface area contributed by atoms with Crippen LogP contribution in [0, 0.1) is 5.82 Å². The van der Waals surface area contributed by atoms with Crippen molar-refractivity contribution in [1.82, 2.24) is 14.4 Å². The van der Waals surface area contributed by atoms with Crippen LogP contribution >= 0.6 is 11.3 Å². The van der Waals surface area contributed by atoms with Crippen molar-refractivity contribution >= 4 is 32.5 Å². The summed E-state index contributed by atoms with van der Waals surface area (Å²) in [7, 11) is -3.63. The number of ether oxygens (including phenoxy) is 1. The van der Waals surface area contributed by atoms with E-state index < -0.39 is 27.0 Å². The van der Waals surface area contributed by atoms with Crippen LogP contribution in [0.3, 0.4) is 0 Å². The minimum atomic E-state index is -3.63. The third kappa shape index (κ3) is 4.64. The van der Waals surface area contributed by atoms with E-state index >= 15 is 0 Å². The number of sulfone groups is 1. The number of rotatable bonds is 5. The van der Waals surface area contributed by atoms with Gasteiger partial charge in [-0.05, 0) is 29.8 Å². The van der Waals surface area contributed by atoms with E-state index in [2.05, 4.69) is 14.9 Å². The second-order valence-corrected chi connectivity index (χ2v) is 11.3. The van der Waals surface area contributed by atoms with Gasteiger partial charge in [-0.3, -0.25) is 9.20 Å². The number of benzene rings is 1. The predicted octanol–water partition coefficient (Wildman–Crippen LogP) is 2.49. The number of thiazole rings is 1. The monoisotopic (exact) mass is 516 g/mol. The van der Waals surface area contributed by atoms with Gasteiger partial charge in [0.2, 0.25) is 5.75 Å². The number of morpholine rings is 1. The molecule has 1 aromatic carbocycles. The lowest BCUT2D eigenvalue weighted by Gasteiger charge is -2.28. The zero-order valence-electron chi connectivity index (χ0n) is 18.6. The zero-order valence-corrected chi connectivity index (χ0v) is 20.3. The van der Waals surface area contributed by atoms with Crippen molar-refractivity contribution in [3.8, 4) is 16.5 Å². The molecule has 182 valence electrons. The Hall–Kier alpha value is -3.35. The molecule has 0 amide bonds. The highest BCUT2D eigenvalue weighted by Gasteiger charge is 2.20. The maximum absolute atomic E-state index is 13.6. The number of hydrogen-bond acceptors (Lipinski definition) is 9. The number of anilines is 1. The largest absolute Gasteiger partial charge is 0.501 e. The summed E-state index contributed by atoms with van der Waals surface area (Å²) >= 11 is 1.17. The molecule has 1 fully saturated rings. The Balaban J connectivity index is 1.49. The fraction of sp³-hybridized carbons (Fsp3) is 0.261. The van der Waals surface area contributed by atoms with Crippen LogP contribution in [0.2, 0.25) is 0 Å². The smallest absolute Gasteiger partial charge is 0.300 e. The van der Waals surface area contributed by atoms with E-state index in [-0.39, 0.29) is 17.0 Å². The molecule has 0 radical (unpaired) electrons. The lowest BCUT2D eigenvalue weighted by molar-refractivity contribution is 0.122. The molecule has 5 rings (SSSR count). The topological polar surface area (TPSA) is 114 Å². The van der Waals surface area contributed by atoms with Crippen molar-refractivity contribution < 1.29 is 22.7 Å². The Morgan fingerprint density at radius 1 is 1.20 bits per heavy atom. The molecule has 35 heavy (non-hydrogen) atoms. The van der Waals surface area contributed by atoms with Gasteiger partial charge in [-0.15, -0.1) is 11.3 Å². The van der Waals surface area contributed by atoms with Gasteiger partial charge in [0.25, 0.3) is 0 Å². The number of aromatic hydroxyl groups is 1. The Kier molecular flexibility index (Phi) is 6.03. The number of aromatic nitrogens is 3. The van der Waals surface area contributed by atoms with Gasteiger partial charge < -0.3 is 14.7 Å². The van der Waals surface area contributed by atoms with Gasteiger partial charge in [0.05, 0.1) is 23.8 Å². The lowest BCUT2D eigenvalue weighted by atomic mass is 10.1. The summed E-state index contributed by atoms with van der Waals surface area (Å²) in [6.45, 7) is 2.61. The molecule has 12 heteroatoms. The van der Waals surface area contributed by atoms with Crippen molar-refractivity contribution in [2.45, 2.75) is 11.3 Å². The van der Waals surface area contributed by atoms with Crippen LogP contribution in [0.5, 0.6) is 5.75 Å². The molecule has 1 saturated heterocycles. The van der Waals surface area contributed by atoms with E-state index in [1.54, 1.807) is 12.3 Å². The second kappa shape index (κ2) is 9.02. The van der Waals surface area contributed by atoms with Gasteiger partial charge in [0.1, 0.15) is 22.2 Å². The SMILES string of the molecule is CS(=O)(=O)c1cc(F)ccc1Cc1cnc(-c2nc3ccc(N4CCOCC4)cn3c(=O)c2O)s1. The molecule has 0 spiro atoms. The third-order valence-electron chi connectivity index (χ3n) is 5.71. The standard InChI is InChI=1S/C23H21FN4O5S2/c1-35(31,32)18-11-15(24)3-2-14(18)10-17-12-25-22(34-17)20-21(29)23(30)28-13-16(4-5-19(28)26-20)27-6-8-33-9-7-27/h2-5,11-13,29H,6-10H2,1H3. The van der Waals surface area contributed by atoms with Crippen molar-refractivity contribution in [1.29, 1.82) is 0 Å². The predicted molar refractivity (Wildman–Crippen MR) is 130 cm³/mol. The van der Waals surface area contributed by atoms with Gasteiger partial charge in [-0.25, -0.2) is 22.8 Å². The molecule has 4 heterocycles. The first-order chi connectivity index (χ1) is 16.7. The second-order valence-electron chi connectivity index (χ2n) is 8.16. The average Bonchev–Trinajstić information content (AvgIpc) is 3.30. The van der Waals surface area contributed by atoms with Crippen LogP contribution in [0.25, 0.3) is 16.3 Å². The summed E-state index contributed by atoms with van der Waals surface area (Å²) in [5, 5.41) is 11.0. The molecule has 0 saturated carbocycles. The molecule has 0 atom stereocenters. The van der Waals surface area contributed by atoms with Gasteiger partial charge in [-0.2, -0.15) is 0 Å². The van der Waals surface area contributed by atoms with E-state index in [0.29, 0.717) is 47.4 Å². The molecule has 1 aliphatic rings. The average molecular weight is 517 g/mol. The maximum Gasteiger partial charge on any atom is 0.300 e. The van der Waals surface area contributed by atoms with Crippen LogP contribution in [0.4, 0.5) is 10.1 Å². The Bertz CT molecular complexity index is 1590. The summed E-state index contributed by atoms with van der Waals surface area (Å²) in [6, 6.07) is 7.20. The van der Waals surface area contributed by atoms with Crippen LogP contribution in [0.15, 0.2) is 52.4 Å². The zero-order chi connectivity index (χ0) is 24.7. The number of pyridine rings is 1. The molecular weight excluding hydrogens is 495 g/mol. The summed E-state index contributed by atoms with van der Waals surface area (Å²) < 4.78 is 44.5. The van der Waals surface area contributed by atoms with Gasteiger partial charge in [-0.1, -0.05) is 6.07 Å². The van der Waals surface area contributed by atoms with E-state index in [1.807, 2.05) is 6.07 Å². The summed E-state index contributed by atoms with van der Waals surface area (Å²) in [4.78, 5) is 24.4. The molecule has 0 unspecified atom stereocenters. The maximum atomic E-state index is 13.6. The molecule has 3 aromatic heterocycles. The van der Waals surface area contributed by atoms with Crippen molar-refractivity contribution in [3.63, 3.8) is 0 Å². The van der Waals surface area contributed by atoms with E-state index in [0.717, 1.165) is 18.0 Å². The molecule has 9 nitrogen and oxygen atoms in total. The van der Waals surface area contributed by atoms with Gasteiger partial charge in [0, 0.05) is 43.0 Å². The third-order valence-corrected chi connectivity index (χ3v) is 7.89. The number of fused-ring (bicyclic) bond motifs is 1. The highest BCUT2D eigenvalue weighted by Crippen LogP contribution is 2.31. The van der Waals surface area contributed by atoms with Crippen LogP contribution in [-0.4, -0.2) is 60.5 Å². The molecule has 1 N–H and O–H groups in total. The number of hydrogen-bond donors (Lipinski definition) is 1. The molecule has 4 aromatic rings. The van der Waals surface area contributed by atoms with Crippen LogP contribution in [-0.2, 0) is 21.0 Å². The normalized spacial score (nSPS) is 14.5. The Labute approximate surface area is 204 Å². The van der Waals surface area contributed by atoms with Crippen LogP contribution < -0.4 is 10.5 Å². The quantitative estimate of drug-likeness (QED) is 0.430. The first-order valence-electron chi connectivity index (χ1n) is 10.7. The van der Waals surface area contributed by atoms with Gasteiger partial charge >= 0.3 is 5.56 Å². The van der Waals surface area contributed by atoms with E-state index in [1.165, 1.54) is 34.1 Å². The van der Waals surface area contributed by atoms with Crippen molar-refractivity contribution in [2.24, 2.45) is 0 Å². The van der Waals surface area contributed by atoms with Crippen molar-refractivity contribution in [3.05, 3.63) is 69.3 Å². The fourth-order valence-corrected chi connectivity index (χ4v) is 5.85. The highest BCUT2D eigenvalue weighted by molar-refractivity contribution is 7.90. The summed E-state index contributed by atoms with van der Waals surface area (Å²) in [5.74, 6) is -1.16. The summed E-state index contributed by atoms with van der Waals surface area (Å²) in [6.07, 6.45) is 4.39. The lowest BCUT2D eigenvalue weighted by Crippen LogP contribution is -2.36. The molecular formula is C23H21FN4O5S2. The highest BCUT2D eigenvalue weighted by atomic mass is 32.2. The number of nitrogens with zero attached hydrogens (tertiary/aromatic N) is 4.